The average molecular weight is 601 g/mol. The van der Waals surface area contributed by atoms with E-state index in [1.165, 1.54) is 5.56 Å². The highest BCUT2D eigenvalue weighted by Gasteiger charge is 2.25. The van der Waals surface area contributed by atoms with Gasteiger partial charge in [-0.15, -0.1) is 0 Å². The number of rotatable bonds is 9. The Bertz CT molecular complexity index is 1470. The number of aromatic nitrogens is 1. The maximum atomic E-state index is 13.8. The van der Waals surface area contributed by atoms with E-state index < -0.39 is 0 Å². The number of hydrogen-bond donors (Lipinski definition) is 2. The molecule has 44 heavy (non-hydrogen) atoms. The number of aromatic amines is 1. The third-order valence-electron chi connectivity index (χ3n) is 9.05. The number of nitrogens with zero attached hydrogens (tertiary/aromatic N) is 2. The van der Waals surface area contributed by atoms with Crippen LogP contribution < -0.4 is 15.8 Å². The van der Waals surface area contributed by atoms with Crippen LogP contribution in [0.15, 0.2) is 47.3 Å². The Labute approximate surface area is 261 Å². The number of amides is 1. The van der Waals surface area contributed by atoms with E-state index in [4.69, 9.17) is 9.47 Å². The van der Waals surface area contributed by atoms with E-state index in [-0.39, 0.29) is 18.0 Å². The van der Waals surface area contributed by atoms with E-state index in [9.17, 15) is 9.59 Å². The van der Waals surface area contributed by atoms with Crippen molar-refractivity contribution in [2.45, 2.75) is 72.5 Å². The molecule has 2 aliphatic rings. The Balaban J connectivity index is 1.44. The van der Waals surface area contributed by atoms with Gasteiger partial charge in [0.15, 0.2) is 0 Å². The summed E-state index contributed by atoms with van der Waals surface area (Å²) < 4.78 is 11.3. The van der Waals surface area contributed by atoms with Crippen molar-refractivity contribution >= 4 is 11.6 Å². The topological polar surface area (TPSA) is 86.9 Å². The summed E-state index contributed by atoms with van der Waals surface area (Å²) in [6, 6.07) is 15.3. The molecule has 2 saturated heterocycles. The average Bonchev–Trinajstić information content (AvgIpc) is 3.00. The van der Waals surface area contributed by atoms with Crippen molar-refractivity contribution < 1.29 is 14.3 Å². The van der Waals surface area contributed by atoms with Crippen LogP contribution in [0.5, 0.6) is 0 Å². The van der Waals surface area contributed by atoms with Gasteiger partial charge in [0.25, 0.3) is 11.5 Å². The third-order valence-corrected chi connectivity index (χ3v) is 9.05. The van der Waals surface area contributed by atoms with Crippen LogP contribution in [-0.2, 0) is 22.6 Å². The fourth-order valence-electron chi connectivity index (χ4n) is 6.60. The lowest BCUT2D eigenvalue weighted by molar-refractivity contribution is 0.0845. The lowest BCUT2D eigenvalue weighted by Gasteiger charge is -2.37. The van der Waals surface area contributed by atoms with Gasteiger partial charge in [0.2, 0.25) is 0 Å². The molecule has 236 valence electrons. The SMILES string of the molecule is CCN(c1cc(-c2ccc(CN3CCCOCCC3)cc2)cc(C(=O)NCc2c(C)cc(C)[nH]c2=O)c1C)C1CCOCC1. The summed E-state index contributed by atoms with van der Waals surface area (Å²) in [6.45, 7) is 15.2. The number of aryl methyl sites for hydroxylation is 2. The molecule has 1 amide bonds. The number of carbonyl (C=O) groups excluding carboxylic acids is 1. The van der Waals surface area contributed by atoms with Gasteiger partial charge < -0.3 is 24.7 Å². The minimum atomic E-state index is -0.175. The molecule has 0 unspecified atom stereocenters. The monoisotopic (exact) mass is 600 g/mol. The molecular formula is C36H48N4O4. The van der Waals surface area contributed by atoms with Crippen LogP contribution >= 0.6 is 0 Å². The molecule has 0 saturated carbocycles. The molecule has 2 N–H and O–H groups in total. The number of carbonyl (C=O) groups is 1. The van der Waals surface area contributed by atoms with Crippen molar-refractivity contribution in [2.75, 3.05) is 51.0 Å². The Morgan fingerprint density at radius 1 is 0.955 bits per heavy atom. The molecule has 5 rings (SSSR count). The number of pyridine rings is 1. The second kappa shape index (κ2) is 15.0. The molecule has 3 aromatic rings. The van der Waals surface area contributed by atoms with Gasteiger partial charge in [0, 0.05) is 87.7 Å². The van der Waals surface area contributed by atoms with Crippen molar-refractivity contribution in [3.63, 3.8) is 0 Å². The normalized spacial score (nSPS) is 16.7. The Morgan fingerprint density at radius 3 is 2.30 bits per heavy atom. The molecule has 2 aliphatic heterocycles. The van der Waals surface area contributed by atoms with Crippen LogP contribution in [-0.4, -0.2) is 67.9 Å². The van der Waals surface area contributed by atoms with Gasteiger partial charge in [0.05, 0.1) is 0 Å². The third kappa shape index (κ3) is 7.78. The quantitative estimate of drug-likeness (QED) is 0.337. The maximum absolute atomic E-state index is 13.8. The fourth-order valence-corrected chi connectivity index (χ4v) is 6.60. The smallest absolute Gasteiger partial charge is 0.253 e. The Kier molecular flexibility index (Phi) is 10.9. The van der Waals surface area contributed by atoms with Crippen molar-refractivity contribution in [3.05, 3.63) is 86.3 Å². The van der Waals surface area contributed by atoms with Gasteiger partial charge in [-0.3, -0.25) is 14.5 Å². The lowest BCUT2D eigenvalue weighted by atomic mass is 9.94. The minimum Gasteiger partial charge on any atom is -0.381 e. The van der Waals surface area contributed by atoms with Gasteiger partial charge >= 0.3 is 0 Å². The van der Waals surface area contributed by atoms with Gasteiger partial charge in [-0.1, -0.05) is 24.3 Å². The second-order valence-corrected chi connectivity index (χ2v) is 12.2. The standard InChI is InChI=1S/C36H48N4O4/c1-5-40(31-12-18-44-19-13-31)34-22-30(29-10-8-28(9-11-29)24-39-14-6-16-43-17-7-15-39)21-32(27(34)4)35(41)37-23-33-25(2)20-26(3)38-36(33)42/h8-11,20-22,31H,5-7,12-19,23-24H2,1-4H3,(H,37,41)(H,38,42). The van der Waals surface area contributed by atoms with E-state index >= 15 is 0 Å². The highest BCUT2D eigenvalue weighted by Crippen LogP contribution is 2.34. The summed E-state index contributed by atoms with van der Waals surface area (Å²) >= 11 is 0. The summed E-state index contributed by atoms with van der Waals surface area (Å²) in [6.07, 6.45) is 4.06. The summed E-state index contributed by atoms with van der Waals surface area (Å²) in [5, 5.41) is 3.05. The number of H-pyrrole nitrogens is 1. The van der Waals surface area contributed by atoms with Crippen LogP contribution in [0, 0.1) is 20.8 Å². The molecule has 0 radical (unpaired) electrons. The van der Waals surface area contributed by atoms with E-state index in [1.807, 2.05) is 32.9 Å². The predicted octanol–water partition coefficient (Wildman–Crippen LogP) is 5.51. The van der Waals surface area contributed by atoms with E-state index in [0.29, 0.717) is 17.2 Å². The maximum Gasteiger partial charge on any atom is 0.253 e. The zero-order valence-electron chi connectivity index (χ0n) is 26.8. The van der Waals surface area contributed by atoms with E-state index in [0.717, 1.165) is 112 Å². The van der Waals surface area contributed by atoms with Gasteiger partial charge in [-0.25, -0.2) is 0 Å². The van der Waals surface area contributed by atoms with Crippen LogP contribution in [0.4, 0.5) is 5.69 Å². The first-order chi connectivity index (χ1) is 21.3. The molecule has 3 heterocycles. The Morgan fingerprint density at radius 2 is 1.64 bits per heavy atom. The van der Waals surface area contributed by atoms with Gasteiger partial charge in [0.1, 0.15) is 0 Å². The molecule has 0 bridgehead atoms. The molecule has 0 atom stereocenters. The van der Waals surface area contributed by atoms with Crippen LogP contribution in [0.2, 0.25) is 0 Å². The molecular weight excluding hydrogens is 552 g/mol. The number of hydrogen-bond acceptors (Lipinski definition) is 6. The summed E-state index contributed by atoms with van der Waals surface area (Å²) in [5.74, 6) is -0.175. The lowest BCUT2D eigenvalue weighted by Crippen LogP contribution is -2.40. The molecule has 8 heteroatoms. The highest BCUT2D eigenvalue weighted by atomic mass is 16.5. The zero-order chi connectivity index (χ0) is 31.1. The van der Waals surface area contributed by atoms with Crippen LogP contribution in [0.25, 0.3) is 11.1 Å². The van der Waals surface area contributed by atoms with Crippen molar-refractivity contribution in [1.29, 1.82) is 0 Å². The number of ether oxygens (including phenoxy) is 2. The summed E-state index contributed by atoms with van der Waals surface area (Å²) in [5.41, 5.74) is 8.16. The van der Waals surface area contributed by atoms with Crippen LogP contribution in [0.3, 0.4) is 0 Å². The molecule has 1 aromatic heterocycles. The van der Waals surface area contributed by atoms with Crippen molar-refractivity contribution in [3.8, 4) is 11.1 Å². The first kappa shape index (κ1) is 31.9. The zero-order valence-corrected chi connectivity index (χ0v) is 26.8. The molecule has 0 aliphatic carbocycles. The Hall–Kier alpha value is -3.46. The molecule has 0 spiro atoms. The highest BCUT2D eigenvalue weighted by molar-refractivity contribution is 5.99. The van der Waals surface area contributed by atoms with Crippen molar-refractivity contribution in [2.24, 2.45) is 0 Å². The first-order valence-corrected chi connectivity index (χ1v) is 16.2. The van der Waals surface area contributed by atoms with E-state index in [2.05, 4.69) is 57.4 Å². The van der Waals surface area contributed by atoms with E-state index in [1.54, 1.807) is 0 Å². The minimum absolute atomic E-state index is 0.158. The summed E-state index contributed by atoms with van der Waals surface area (Å²) in [4.78, 5) is 34.2. The predicted molar refractivity (Wildman–Crippen MR) is 177 cm³/mol. The second-order valence-electron chi connectivity index (χ2n) is 12.2. The van der Waals surface area contributed by atoms with Gasteiger partial charge in [-0.2, -0.15) is 0 Å². The molecule has 8 nitrogen and oxygen atoms in total. The van der Waals surface area contributed by atoms with Crippen LogP contribution in [0.1, 0.15) is 70.9 Å². The molecule has 2 aromatic carbocycles. The number of benzene rings is 2. The first-order valence-electron chi connectivity index (χ1n) is 16.2. The van der Waals surface area contributed by atoms with Crippen molar-refractivity contribution in [1.82, 2.24) is 15.2 Å². The van der Waals surface area contributed by atoms with Gasteiger partial charge in [-0.05, 0) is 99.4 Å². The molecule has 2 fully saturated rings. The largest absolute Gasteiger partial charge is 0.381 e. The number of nitrogens with one attached hydrogen (secondary N) is 2. The fraction of sp³-hybridized carbons (Fsp3) is 0.500. The summed E-state index contributed by atoms with van der Waals surface area (Å²) in [7, 11) is 0. The number of anilines is 1.